The summed E-state index contributed by atoms with van der Waals surface area (Å²) in [5.41, 5.74) is 2.26. The summed E-state index contributed by atoms with van der Waals surface area (Å²) in [5, 5.41) is 8.61. The number of aryl methyl sites for hydroxylation is 1. The average molecular weight is 278 g/mol. The molecule has 0 bridgehead atoms. The minimum atomic E-state index is -0.0950. The molecule has 0 radical (unpaired) electrons. The molecule has 4 heteroatoms. The second kappa shape index (κ2) is 5.33. The van der Waals surface area contributed by atoms with Crippen LogP contribution in [-0.2, 0) is 11.8 Å². The Kier molecular flexibility index (Phi) is 3.95. The molecule has 102 valence electrons. The van der Waals surface area contributed by atoms with Crippen molar-refractivity contribution in [2.75, 3.05) is 0 Å². The Morgan fingerprint density at radius 2 is 1.74 bits per heavy atom. The van der Waals surface area contributed by atoms with Gasteiger partial charge in [0.05, 0.1) is 0 Å². The van der Waals surface area contributed by atoms with Crippen molar-refractivity contribution in [3.05, 3.63) is 40.9 Å². The topological polar surface area (TPSA) is 30.7 Å². The molecule has 0 aliphatic rings. The maximum Gasteiger partial charge on any atom is 0.229 e. The zero-order valence-electron chi connectivity index (χ0n) is 11.9. The summed E-state index contributed by atoms with van der Waals surface area (Å²) in [7, 11) is 0. The maximum absolute atomic E-state index is 6.18. The third-order valence-corrected chi connectivity index (χ3v) is 3.27. The molecule has 0 saturated carbocycles. The Labute approximate surface area is 119 Å². The lowest BCUT2D eigenvalue weighted by atomic mass is 9.95. The molecule has 1 aromatic carbocycles. The first-order chi connectivity index (χ1) is 8.93. The summed E-state index contributed by atoms with van der Waals surface area (Å²) >= 11 is 6.18. The number of nitrogens with zero attached hydrogens (tertiary/aromatic N) is 3. The Bertz CT molecular complexity index is 550. The van der Waals surface area contributed by atoms with E-state index in [0.29, 0.717) is 5.28 Å². The molecule has 2 aromatic rings. The van der Waals surface area contributed by atoms with Gasteiger partial charge in [0.15, 0.2) is 0 Å². The first-order valence-corrected chi connectivity index (χ1v) is 7.02. The van der Waals surface area contributed by atoms with E-state index in [4.69, 9.17) is 11.6 Å². The maximum atomic E-state index is 6.18. The van der Waals surface area contributed by atoms with Crippen LogP contribution < -0.4 is 0 Å². The van der Waals surface area contributed by atoms with Gasteiger partial charge in [0.1, 0.15) is 5.82 Å². The first-order valence-electron chi connectivity index (χ1n) is 6.64. The summed E-state index contributed by atoms with van der Waals surface area (Å²) in [6, 6.07) is 8.44. The smallest absolute Gasteiger partial charge is 0.229 e. The molecule has 1 heterocycles. The highest BCUT2D eigenvalue weighted by molar-refractivity contribution is 6.28. The Morgan fingerprint density at radius 3 is 2.26 bits per heavy atom. The van der Waals surface area contributed by atoms with Gasteiger partial charge in [-0.3, -0.25) is 4.57 Å². The lowest BCUT2D eigenvalue weighted by Gasteiger charge is -2.19. The van der Waals surface area contributed by atoms with Crippen LogP contribution in [0.4, 0.5) is 0 Å². The van der Waals surface area contributed by atoms with Gasteiger partial charge in [0.25, 0.3) is 0 Å². The highest BCUT2D eigenvalue weighted by atomic mass is 35.5. The van der Waals surface area contributed by atoms with E-state index < -0.39 is 0 Å². The molecule has 3 nitrogen and oxygen atoms in total. The molecular formula is C15H20ClN3. The third kappa shape index (κ3) is 2.98. The second-order valence-corrected chi connectivity index (χ2v) is 6.13. The predicted octanol–water partition coefficient (Wildman–Crippen LogP) is 4.17. The van der Waals surface area contributed by atoms with E-state index in [2.05, 4.69) is 62.2 Å². The van der Waals surface area contributed by atoms with Crippen LogP contribution in [0.2, 0.25) is 5.28 Å². The van der Waals surface area contributed by atoms with Crippen molar-refractivity contribution in [2.24, 2.45) is 0 Å². The van der Waals surface area contributed by atoms with Gasteiger partial charge in [-0.2, -0.15) is 0 Å². The van der Waals surface area contributed by atoms with Crippen LogP contribution in [0.5, 0.6) is 0 Å². The molecule has 0 aliphatic carbocycles. The van der Waals surface area contributed by atoms with Gasteiger partial charge >= 0.3 is 0 Å². The number of rotatable bonds is 3. The van der Waals surface area contributed by atoms with Crippen LogP contribution >= 0.6 is 11.6 Å². The van der Waals surface area contributed by atoms with Gasteiger partial charge in [-0.05, 0) is 35.7 Å². The molecule has 0 unspecified atom stereocenters. The zero-order chi connectivity index (χ0) is 14.0. The van der Waals surface area contributed by atoms with Gasteiger partial charge in [-0.25, -0.2) is 0 Å². The van der Waals surface area contributed by atoms with Gasteiger partial charge in [0, 0.05) is 11.1 Å². The fourth-order valence-electron chi connectivity index (χ4n) is 2.08. The lowest BCUT2D eigenvalue weighted by molar-refractivity contribution is 0.533. The van der Waals surface area contributed by atoms with Crippen LogP contribution in [0, 0.1) is 0 Å². The summed E-state index contributed by atoms with van der Waals surface area (Å²) in [6.07, 6.45) is 2.25. The zero-order valence-corrected chi connectivity index (χ0v) is 12.7. The summed E-state index contributed by atoms with van der Waals surface area (Å²) < 4.78 is 1.91. The largest absolute Gasteiger partial charge is 0.269 e. The van der Waals surface area contributed by atoms with Crippen molar-refractivity contribution in [3.8, 4) is 5.69 Å². The number of hydrogen-bond donors (Lipinski definition) is 0. The van der Waals surface area contributed by atoms with Gasteiger partial charge in [-0.15, -0.1) is 10.2 Å². The molecule has 2 rings (SSSR count). The Hall–Kier alpha value is -1.35. The third-order valence-electron chi connectivity index (χ3n) is 3.03. The molecule has 0 fully saturated rings. The van der Waals surface area contributed by atoms with Crippen LogP contribution in [0.25, 0.3) is 5.69 Å². The number of aromatic nitrogens is 3. The van der Waals surface area contributed by atoms with E-state index in [0.717, 1.165) is 24.4 Å². The van der Waals surface area contributed by atoms with E-state index in [1.54, 1.807) is 0 Å². The average Bonchev–Trinajstić information content (AvgIpc) is 2.72. The van der Waals surface area contributed by atoms with E-state index in [-0.39, 0.29) is 5.41 Å². The predicted molar refractivity (Wildman–Crippen MR) is 79.1 cm³/mol. The molecule has 19 heavy (non-hydrogen) atoms. The molecule has 0 N–H and O–H groups in total. The summed E-state index contributed by atoms with van der Waals surface area (Å²) in [5.74, 6) is 0.876. The van der Waals surface area contributed by atoms with Crippen molar-refractivity contribution in [2.45, 2.75) is 46.0 Å². The van der Waals surface area contributed by atoms with E-state index >= 15 is 0 Å². The molecule has 0 amide bonds. The normalized spacial score (nSPS) is 11.8. The van der Waals surface area contributed by atoms with Crippen molar-refractivity contribution in [3.63, 3.8) is 0 Å². The minimum Gasteiger partial charge on any atom is -0.269 e. The van der Waals surface area contributed by atoms with Crippen molar-refractivity contribution < 1.29 is 0 Å². The SMILES string of the molecule is CCCc1ccc(-n2c(Cl)nnc2C(C)(C)C)cc1. The minimum absolute atomic E-state index is 0.0950. The molecule has 0 spiro atoms. The molecule has 1 aromatic heterocycles. The highest BCUT2D eigenvalue weighted by Crippen LogP contribution is 2.26. The van der Waals surface area contributed by atoms with Crippen LogP contribution in [0.1, 0.15) is 45.5 Å². The van der Waals surface area contributed by atoms with Crippen molar-refractivity contribution in [1.82, 2.24) is 14.8 Å². The van der Waals surface area contributed by atoms with E-state index in [1.807, 2.05) is 4.57 Å². The number of halogens is 1. The van der Waals surface area contributed by atoms with Crippen LogP contribution in [0.3, 0.4) is 0 Å². The fourth-order valence-corrected chi connectivity index (χ4v) is 2.30. The Balaban J connectivity index is 2.44. The molecule has 0 saturated heterocycles. The van der Waals surface area contributed by atoms with Gasteiger partial charge in [0.2, 0.25) is 5.28 Å². The van der Waals surface area contributed by atoms with Gasteiger partial charge in [-0.1, -0.05) is 46.2 Å². The fraction of sp³-hybridized carbons (Fsp3) is 0.467. The Morgan fingerprint density at radius 1 is 1.11 bits per heavy atom. The lowest BCUT2D eigenvalue weighted by Crippen LogP contribution is -2.18. The van der Waals surface area contributed by atoms with Gasteiger partial charge < -0.3 is 0 Å². The quantitative estimate of drug-likeness (QED) is 0.843. The van der Waals surface area contributed by atoms with Crippen LogP contribution in [0.15, 0.2) is 24.3 Å². The molecular weight excluding hydrogens is 258 g/mol. The highest BCUT2D eigenvalue weighted by Gasteiger charge is 2.24. The van der Waals surface area contributed by atoms with Crippen molar-refractivity contribution >= 4 is 11.6 Å². The number of benzene rings is 1. The van der Waals surface area contributed by atoms with Crippen LogP contribution in [-0.4, -0.2) is 14.8 Å². The second-order valence-electron chi connectivity index (χ2n) is 5.79. The first kappa shape index (κ1) is 14.1. The standard InChI is InChI=1S/C15H20ClN3/c1-5-6-11-7-9-12(10-8-11)19-13(15(2,3)4)17-18-14(19)16/h7-10H,5-6H2,1-4H3. The molecule has 0 atom stereocenters. The van der Waals surface area contributed by atoms with Crippen molar-refractivity contribution in [1.29, 1.82) is 0 Å². The van der Waals surface area contributed by atoms with E-state index in [1.165, 1.54) is 5.56 Å². The monoisotopic (exact) mass is 277 g/mol. The van der Waals surface area contributed by atoms with E-state index in [9.17, 15) is 0 Å². The summed E-state index contributed by atoms with van der Waals surface area (Å²) in [4.78, 5) is 0. The number of hydrogen-bond acceptors (Lipinski definition) is 2. The summed E-state index contributed by atoms with van der Waals surface area (Å²) in [6.45, 7) is 8.50. The molecule has 0 aliphatic heterocycles.